The second-order valence-corrected chi connectivity index (χ2v) is 5.56. The Bertz CT molecular complexity index is 364. The molecule has 1 aromatic carbocycles. The molecule has 1 N–H and O–H groups in total. The summed E-state index contributed by atoms with van der Waals surface area (Å²) in [5, 5.41) is 10.5. The zero-order chi connectivity index (χ0) is 13.4. The lowest BCUT2D eigenvalue weighted by molar-refractivity contribution is 0.474. The molecule has 0 spiro atoms. The van der Waals surface area contributed by atoms with Crippen LogP contribution in [-0.4, -0.2) is 5.11 Å². The molecular formula is C15H22Cl2O. The maximum absolute atomic E-state index is 9.48. The third-order valence-electron chi connectivity index (χ3n) is 3.14. The summed E-state index contributed by atoms with van der Waals surface area (Å²) in [6, 6.07) is 3.20. The van der Waals surface area contributed by atoms with Crippen LogP contribution in [0.25, 0.3) is 0 Å². The monoisotopic (exact) mass is 288 g/mol. The summed E-state index contributed by atoms with van der Waals surface area (Å²) in [7, 11) is 0. The van der Waals surface area contributed by atoms with E-state index in [-0.39, 0.29) is 5.75 Å². The van der Waals surface area contributed by atoms with Crippen molar-refractivity contribution in [1.82, 2.24) is 0 Å². The molecule has 0 aliphatic heterocycles. The first kappa shape index (κ1) is 15.7. The first-order valence-corrected chi connectivity index (χ1v) is 7.57. The minimum atomic E-state index is 0.197. The van der Waals surface area contributed by atoms with E-state index in [1.165, 1.54) is 44.6 Å². The number of benzene rings is 1. The molecule has 0 atom stereocenters. The summed E-state index contributed by atoms with van der Waals surface area (Å²) in [6.07, 6.45) is 9.78. The van der Waals surface area contributed by atoms with Crippen LogP contribution in [-0.2, 0) is 6.42 Å². The second kappa shape index (κ2) is 8.66. The number of hydrogen-bond acceptors (Lipinski definition) is 1. The number of aromatic hydroxyl groups is 1. The fourth-order valence-corrected chi connectivity index (χ4v) is 2.52. The zero-order valence-corrected chi connectivity index (χ0v) is 12.5. The summed E-state index contributed by atoms with van der Waals surface area (Å²) in [5.74, 6) is 0.197. The Morgan fingerprint density at radius 3 is 2.22 bits per heavy atom. The van der Waals surface area contributed by atoms with Crippen LogP contribution in [0.1, 0.15) is 57.4 Å². The largest absolute Gasteiger partial charge is 0.508 e. The standard InChI is InChI=1S/C15H22Cl2O/c1-2-3-4-5-6-7-8-9-12-10-13(18)11-14(16)15(12)17/h10-11,18H,2-9H2,1H3. The van der Waals surface area contributed by atoms with Crippen LogP contribution in [0.2, 0.25) is 10.0 Å². The van der Waals surface area contributed by atoms with E-state index in [0.29, 0.717) is 10.0 Å². The lowest BCUT2D eigenvalue weighted by Crippen LogP contribution is -1.89. The molecular weight excluding hydrogens is 267 g/mol. The van der Waals surface area contributed by atoms with E-state index in [4.69, 9.17) is 23.2 Å². The molecule has 1 nitrogen and oxygen atoms in total. The zero-order valence-electron chi connectivity index (χ0n) is 11.0. The van der Waals surface area contributed by atoms with Gasteiger partial charge in [0, 0.05) is 6.07 Å². The molecule has 0 saturated heterocycles. The van der Waals surface area contributed by atoms with Gasteiger partial charge in [0.05, 0.1) is 10.0 Å². The fourth-order valence-electron chi connectivity index (χ4n) is 2.08. The molecule has 0 unspecified atom stereocenters. The van der Waals surface area contributed by atoms with Gasteiger partial charge in [-0.15, -0.1) is 0 Å². The average Bonchev–Trinajstić information content (AvgIpc) is 2.33. The van der Waals surface area contributed by atoms with Crippen molar-refractivity contribution in [3.8, 4) is 5.75 Å². The summed E-state index contributed by atoms with van der Waals surface area (Å²) in [6.45, 7) is 2.23. The van der Waals surface area contributed by atoms with Crippen LogP contribution in [0, 0.1) is 0 Å². The molecule has 3 heteroatoms. The Morgan fingerprint density at radius 1 is 0.944 bits per heavy atom. The number of halogens is 2. The van der Waals surface area contributed by atoms with E-state index in [1.54, 1.807) is 6.07 Å². The molecule has 0 fully saturated rings. The minimum absolute atomic E-state index is 0.197. The van der Waals surface area contributed by atoms with E-state index < -0.39 is 0 Å². The molecule has 0 bridgehead atoms. The van der Waals surface area contributed by atoms with Gasteiger partial charge in [-0.25, -0.2) is 0 Å². The van der Waals surface area contributed by atoms with Gasteiger partial charge in [0.25, 0.3) is 0 Å². The van der Waals surface area contributed by atoms with Gasteiger partial charge in [-0.1, -0.05) is 68.7 Å². The lowest BCUT2D eigenvalue weighted by atomic mass is 10.0. The highest BCUT2D eigenvalue weighted by atomic mass is 35.5. The Labute approximate surface area is 120 Å². The van der Waals surface area contributed by atoms with Gasteiger partial charge in [0.2, 0.25) is 0 Å². The smallest absolute Gasteiger partial charge is 0.117 e. The summed E-state index contributed by atoms with van der Waals surface area (Å²) >= 11 is 12.0. The highest BCUT2D eigenvalue weighted by molar-refractivity contribution is 6.42. The Balaban J connectivity index is 2.27. The number of phenols is 1. The van der Waals surface area contributed by atoms with Crippen molar-refractivity contribution in [3.63, 3.8) is 0 Å². The normalized spacial score (nSPS) is 10.8. The maximum Gasteiger partial charge on any atom is 0.117 e. The molecule has 102 valence electrons. The van der Waals surface area contributed by atoms with Crippen LogP contribution in [0.3, 0.4) is 0 Å². The van der Waals surface area contributed by atoms with E-state index in [2.05, 4.69) is 6.92 Å². The quantitative estimate of drug-likeness (QED) is 0.582. The number of unbranched alkanes of at least 4 members (excludes halogenated alkanes) is 6. The molecule has 1 rings (SSSR count). The van der Waals surface area contributed by atoms with E-state index in [1.807, 2.05) is 0 Å². The summed E-state index contributed by atoms with van der Waals surface area (Å²) in [4.78, 5) is 0. The SMILES string of the molecule is CCCCCCCCCc1cc(O)cc(Cl)c1Cl. The van der Waals surface area contributed by atoms with Gasteiger partial charge in [-0.05, 0) is 24.5 Å². The molecule has 0 aliphatic rings. The molecule has 0 aliphatic carbocycles. The molecule has 0 aromatic heterocycles. The number of hydrogen-bond donors (Lipinski definition) is 1. The molecule has 0 amide bonds. The van der Waals surface area contributed by atoms with E-state index in [0.717, 1.165) is 18.4 Å². The average molecular weight is 289 g/mol. The van der Waals surface area contributed by atoms with E-state index in [9.17, 15) is 5.11 Å². The van der Waals surface area contributed by atoms with Gasteiger partial charge >= 0.3 is 0 Å². The van der Waals surface area contributed by atoms with Crippen molar-refractivity contribution in [2.75, 3.05) is 0 Å². The predicted molar refractivity (Wildman–Crippen MR) is 79.8 cm³/mol. The molecule has 0 heterocycles. The fraction of sp³-hybridized carbons (Fsp3) is 0.600. The van der Waals surface area contributed by atoms with Crippen molar-refractivity contribution in [2.45, 2.75) is 58.3 Å². The van der Waals surface area contributed by atoms with Crippen LogP contribution in [0.5, 0.6) is 5.75 Å². The number of rotatable bonds is 8. The second-order valence-electron chi connectivity index (χ2n) is 4.77. The maximum atomic E-state index is 9.48. The number of aryl methyl sites for hydroxylation is 1. The number of phenolic OH excluding ortho intramolecular Hbond substituents is 1. The van der Waals surface area contributed by atoms with E-state index >= 15 is 0 Å². The topological polar surface area (TPSA) is 20.2 Å². The predicted octanol–water partition coefficient (Wildman–Crippen LogP) is 5.99. The van der Waals surface area contributed by atoms with Crippen molar-refractivity contribution in [3.05, 3.63) is 27.7 Å². The third kappa shape index (κ3) is 5.49. The van der Waals surface area contributed by atoms with Crippen LogP contribution >= 0.6 is 23.2 Å². The van der Waals surface area contributed by atoms with Crippen molar-refractivity contribution < 1.29 is 5.11 Å². The molecule has 1 aromatic rings. The van der Waals surface area contributed by atoms with Gasteiger partial charge in [0.1, 0.15) is 5.75 Å². The first-order chi connectivity index (χ1) is 8.65. The van der Waals surface area contributed by atoms with Crippen LogP contribution in [0.4, 0.5) is 0 Å². The third-order valence-corrected chi connectivity index (χ3v) is 3.98. The highest BCUT2D eigenvalue weighted by Gasteiger charge is 2.07. The molecule has 0 radical (unpaired) electrons. The Kier molecular flexibility index (Phi) is 7.53. The van der Waals surface area contributed by atoms with Gasteiger partial charge in [-0.3, -0.25) is 0 Å². The first-order valence-electron chi connectivity index (χ1n) is 6.82. The van der Waals surface area contributed by atoms with Gasteiger partial charge in [0.15, 0.2) is 0 Å². The minimum Gasteiger partial charge on any atom is -0.508 e. The molecule has 0 saturated carbocycles. The van der Waals surface area contributed by atoms with Gasteiger partial charge in [-0.2, -0.15) is 0 Å². The highest BCUT2D eigenvalue weighted by Crippen LogP contribution is 2.31. The van der Waals surface area contributed by atoms with Crippen molar-refractivity contribution in [2.24, 2.45) is 0 Å². The lowest BCUT2D eigenvalue weighted by Gasteiger charge is -2.07. The molecule has 18 heavy (non-hydrogen) atoms. The van der Waals surface area contributed by atoms with Crippen LogP contribution in [0.15, 0.2) is 12.1 Å². The summed E-state index contributed by atoms with van der Waals surface area (Å²) < 4.78 is 0. The summed E-state index contributed by atoms with van der Waals surface area (Å²) in [5.41, 5.74) is 0.954. The Hall–Kier alpha value is -0.400. The van der Waals surface area contributed by atoms with Gasteiger partial charge < -0.3 is 5.11 Å². The van der Waals surface area contributed by atoms with Crippen molar-refractivity contribution >= 4 is 23.2 Å². The van der Waals surface area contributed by atoms with Crippen LogP contribution < -0.4 is 0 Å². The van der Waals surface area contributed by atoms with Crippen molar-refractivity contribution in [1.29, 1.82) is 0 Å². The Morgan fingerprint density at radius 2 is 1.56 bits per heavy atom.